The SMILES string of the molecule is CC.CC.CC.CCOC(=O)/C(N)=C1\CN(c2ccc(C)cn2)CCC1=NC(C)C. The van der Waals surface area contributed by atoms with Crippen molar-refractivity contribution in [2.24, 2.45) is 10.7 Å². The van der Waals surface area contributed by atoms with Crippen LogP contribution in [0.1, 0.15) is 74.3 Å². The normalized spacial score (nSPS) is 15.7. The minimum atomic E-state index is -0.484. The Balaban J connectivity index is 0. The molecule has 0 bridgehead atoms. The van der Waals surface area contributed by atoms with Crippen molar-refractivity contribution in [3.05, 3.63) is 35.2 Å². The van der Waals surface area contributed by atoms with Gasteiger partial charge in [-0.2, -0.15) is 0 Å². The molecule has 2 heterocycles. The lowest BCUT2D eigenvalue weighted by atomic mass is 9.99. The number of nitrogens with two attached hydrogens (primary N) is 1. The second-order valence-electron chi connectivity index (χ2n) is 6.15. The number of pyridine rings is 1. The van der Waals surface area contributed by atoms with E-state index in [1.54, 1.807) is 6.92 Å². The summed E-state index contributed by atoms with van der Waals surface area (Å²) in [5, 5.41) is 0. The molecule has 0 saturated carbocycles. The summed E-state index contributed by atoms with van der Waals surface area (Å²) in [6.07, 6.45) is 2.56. The van der Waals surface area contributed by atoms with Gasteiger partial charge in [0.2, 0.25) is 0 Å². The molecule has 0 aromatic carbocycles. The molecule has 1 aliphatic heterocycles. The van der Waals surface area contributed by atoms with E-state index < -0.39 is 5.97 Å². The quantitative estimate of drug-likeness (QED) is 0.528. The van der Waals surface area contributed by atoms with Crippen LogP contribution in [0.4, 0.5) is 5.82 Å². The van der Waals surface area contributed by atoms with Crippen molar-refractivity contribution < 1.29 is 9.53 Å². The summed E-state index contributed by atoms with van der Waals surface area (Å²) in [5.41, 5.74) is 8.98. The average molecular weight is 421 g/mol. The molecule has 0 atom stereocenters. The summed E-state index contributed by atoms with van der Waals surface area (Å²) < 4.78 is 5.06. The van der Waals surface area contributed by atoms with Crippen LogP contribution >= 0.6 is 0 Å². The number of aryl methyl sites for hydroxylation is 1. The largest absolute Gasteiger partial charge is 0.461 e. The van der Waals surface area contributed by atoms with Gasteiger partial charge in [0.1, 0.15) is 11.5 Å². The zero-order chi connectivity index (χ0) is 23.7. The monoisotopic (exact) mass is 420 g/mol. The molecule has 6 heteroatoms. The predicted molar refractivity (Wildman–Crippen MR) is 130 cm³/mol. The number of esters is 1. The summed E-state index contributed by atoms with van der Waals surface area (Å²) >= 11 is 0. The van der Waals surface area contributed by atoms with Crippen LogP contribution in [0.15, 0.2) is 34.6 Å². The fraction of sp³-hybridized carbons (Fsp3) is 0.625. The first-order chi connectivity index (χ1) is 14.4. The van der Waals surface area contributed by atoms with Crippen molar-refractivity contribution in [3.63, 3.8) is 0 Å². The van der Waals surface area contributed by atoms with E-state index in [4.69, 9.17) is 10.5 Å². The van der Waals surface area contributed by atoms with Crippen molar-refractivity contribution in [2.75, 3.05) is 24.6 Å². The molecule has 1 aromatic rings. The van der Waals surface area contributed by atoms with Gasteiger partial charge in [0.05, 0.1) is 6.61 Å². The minimum Gasteiger partial charge on any atom is -0.461 e. The Bertz CT molecular complexity index is 650. The molecular formula is C24H44N4O2. The van der Waals surface area contributed by atoms with Gasteiger partial charge in [-0.1, -0.05) is 47.6 Å². The molecule has 6 nitrogen and oxygen atoms in total. The van der Waals surface area contributed by atoms with E-state index in [-0.39, 0.29) is 11.7 Å². The first kappa shape index (κ1) is 29.8. The van der Waals surface area contributed by atoms with E-state index in [2.05, 4.69) is 14.9 Å². The maximum atomic E-state index is 12.1. The van der Waals surface area contributed by atoms with Crippen LogP contribution in [0.25, 0.3) is 0 Å². The van der Waals surface area contributed by atoms with E-state index in [0.29, 0.717) is 13.2 Å². The van der Waals surface area contributed by atoms with Gasteiger partial charge in [-0.3, -0.25) is 4.99 Å². The number of carbonyl (C=O) groups excluding carboxylic acids is 1. The van der Waals surface area contributed by atoms with Gasteiger partial charge < -0.3 is 15.4 Å². The Morgan fingerprint density at radius 1 is 1.20 bits per heavy atom. The first-order valence-electron chi connectivity index (χ1n) is 11.3. The van der Waals surface area contributed by atoms with Crippen LogP contribution in [0, 0.1) is 6.92 Å². The van der Waals surface area contributed by atoms with Gasteiger partial charge in [0, 0.05) is 43.0 Å². The van der Waals surface area contributed by atoms with Gasteiger partial charge >= 0.3 is 5.97 Å². The lowest BCUT2D eigenvalue weighted by Crippen LogP contribution is -2.39. The Morgan fingerprint density at radius 2 is 1.80 bits per heavy atom. The van der Waals surface area contributed by atoms with Crippen molar-refractivity contribution in [1.82, 2.24) is 4.98 Å². The van der Waals surface area contributed by atoms with Crippen molar-refractivity contribution in [3.8, 4) is 0 Å². The molecule has 0 unspecified atom stereocenters. The topological polar surface area (TPSA) is 80.8 Å². The lowest BCUT2D eigenvalue weighted by molar-refractivity contribution is -0.138. The average Bonchev–Trinajstić information content (AvgIpc) is 2.78. The number of ether oxygens (including phenoxy) is 1. The van der Waals surface area contributed by atoms with Gasteiger partial charge in [-0.25, -0.2) is 9.78 Å². The smallest absolute Gasteiger partial charge is 0.354 e. The molecule has 30 heavy (non-hydrogen) atoms. The summed E-state index contributed by atoms with van der Waals surface area (Å²) in [7, 11) is 0. The fourth-order valence-electron chi connectivity index (χ4n) is 2.62. The molecule has 0 amide bonds. The minimum absolute atomic E-state index is 0.146. The maximum Gasteiger partial charge on any atom is 0.354 e. The van der Waals surface area contributed by atoms with Crippen LogP contribution in [-0.4, -0.2) is 42.4 Å². The Kier molecular flexibility index (Phi) is 17.4. The van der Waals surface area contributed by atoms with Crippen LogP contribution < -0.4 is 10.6 Å². The number of carbonyl (C=O) groups is 1. The van der Waals surface area contributed by atoms with Gasteiger partial charge in [-0.05, 0) is 39.3 Å². The van der Waals surface area contributed by atoms with Gasteiger partial charge in [-0.15, -0.1) is 0 Å². The van der Waals surface area contributed by atoms with E-state index >= 15 is 0 Å². The van der Waals surface area contributed by atoms with Crippen molar-refractivity contribution >= 4 is 17.5 Å². The van der Waals surface area contributed by atoms with E-state index in [1.807, 2.05) is 80.6 Å². The van der Waals surface area contributed by atoms with E-state index in [0.717, 1.165) is 35.6 Å². The highest BCUT2D eigenvalue weighted by Gasteiger charge is 2.26. The molecular weight excluding hydrogens is 376 g/mol. The summed E-state index contributed by atoms with van der Waals surface area (Å²) in [6.45, 7) is 21.4. The molecule has 1 fully saturated rings. The molecule has 2 N–H and O–H groups in total. The highest BCUT2D eigenvalue weighted by atomic mass is 16.5. The standard InChI is InChI=1S/C18H26N4O2.3C2H6/c1-5-24-18(23)17(19)14-11-22(9-8-15(14)21-12(2)3)16-7-6-13(4)10-20-16;3*1-2/h6-7,10,12H,5,8-9,11,19H2,1-4H3;3*1-2H3/b17-14-,21-15?;;;. The Hall–Kier alpha value is -2.37. The van der Waals surface area contributed by atoms with Gasteiger partial charge in [0.15, 0.2) is 0 Å². The summed E-state index contributed by atoms with van der Waals surface area (Å²) in [4.78, 5) is 23.3. The molecule has 2 rings (SSSR count). The summed E-state index contributed by atoms with van der Waals surface area (Å²) in [6, 6.07) is 4.16. The Labute approximate surface area is 184 Å². The van der Waals surface area contributed by atoms with Crippen LogP contribution in [-0.2, 0) is 9.53 Å². The molecule has 0 radical (unpaired) electrons. The number of nitrogens with zero attached hydrogens (tertiary/aromatic N) is 3. The number of aromatic nitrogens is 1. The number of anilines is 1. The molecule has 1 saturated heterocycles. The number of piperidine rings is 1. The van der Waals surface area contributed by atoms with Crippen LogP contribution in [0.5, 0.6) is 0 Å². The highest BCUT2D eigenvalue weighted by Crippen LogP contribution is 2.22. The number of aliphatic imine (C=N–C) groups is 1. The van der Waals surface area contributed by atoms with Crippen LogP contribution in [0.2, 0.25) is 0 Å². The lowest BCUT2D eigenvalue weighted by Gasteiger charge is -2.31. The predicted octanol–water partition coefficient (Wildman–Crippen LogP) is 5.30. The molecule has 172 valence electrons. The zero-order valence-electron chi connectivity index (χ0n) is 20.9. The Morgan fingerprint density at radius 3 is 2.27 bits per heavy atom. The number of hydrogen-bond acceptors (Lipinski definition) is 6. The third-order valence-corrected chi connectivity index (χ3v) is 3.77. The number of rotatable bonds is 4. The molecule has 1 aromatic heterocycles. The number of hydrogen-bond donors (Lipinski definition) is 1. The van der Waals surface area contributed by atoms with Gasteiger partial charge in [0.25, 0.3) is 0 Å². The van der Waals surface area contributed by atoms with Crippen molar-refractivity contribution in [2.45, 2.75) is 81.7 Å². The molecule has 0 spiro atoms. The van der Waals surface area contributed by atoms with Crippen molar-refractivity contribution in [1.29, 1.82) is 0 Å². The zero-order valence-corrected chi connectivity index (χ0v) is 20.9. The second kappa shape index (κ2) is 17.5. The molecule has 1 aliphatic rings. The first-order valence-corrected chi connectivity index (χ1v) is 11.3. The fourth-order valence-corrected chi connectivity index (χ4v) is 2.62. The van der Waals surface area contributed by atoms with E-state index in [1.165, 1.54) is 0 Å². The summed E-state index contributed by atoms with van der Waals surface area (Å²) in [5.74, 6) is 0.390. The van der Waals surface area contributed by atoms with E-state index in [9.17, 15) is 4.79 Å². The second-order valence-corrected chi connectivity index (χ2v) is 6.15. The maximum absolute atomic E-state index is 12.1. The third kappa shape index (κ3) is 9.90. The van der Waals surface area contributed by atoms with Crippen LogP contribution in [0.3, 0.4) is 0 Å². The highest BCUT2D eigenvalue weighted by molar-refractivity contribution is 6.08. The molecule has 0 aliphatic carbocycles. The third-order valence-electron chi connectivity index (χ3n) is 3.77.